The summed E-state index contributed by atoms with van der Waals surface area (Å²) in [5, 5.41) is 0. The summed E-state index contributed by atoms with van der Waals surface area (Å²) in [6, 6.07) is 0. The van der Waals surface area contributed by atoms with E-state index in [0.29, 0.717) is 0 Å². The largest absolute Gasteiger partial charge is 1.00 e. The Balaban J connectivity index is 0. The van der Waals surface area contributed by atoms with Crippen LogP contribution in [0, 0.1) is 40.8 Å². The van der Waals surface area contributed by atoms with Gasteiger partial charge in [-0.1, -0.05) is 0 Å². The fourth-order valence-electron chi connectivity index (χ4n) is 0. The first-order chi connectivity index (χ1) is 0. The van der Waals surface area contributed by atoms with E-state index in [1.165, 1.54) is 0 Å². The third kappa shape index (κ3) is 21.0. The quantitative estimate of drug-likeness (QED) is 0.415. The van der Waals surface area contributed by atoms with E-state index < -0.39 is 0 Å². The second kappa shape index (κ2) is 31.4. The van der Waals surface area contributed by atoms with E-state index in [-0.39, 0.29) is 90.5 Å². The number of hydrogen-bond donors (Lipinski definition) is 0. The summed E-state index contributed by atoms with van der Waals surface area (Å²) in [6.07, 6.45) is 0. The Morgan fingerprint density at radius 2 is 0.400 bits per heavy atom. The van der Waals surface area contributed by atoms with Crippen LogP contribution >= 0.6 is 0 Å². The van der Waals surface area contributed by atoms with E-state index in [4.69, 9.17) is 0 Å². The van der Waals surface area contributed by atoms with Crippen LogP contribution in [0.4, 0.5) is 0 Å². The minimum absolute atomic E-state index is 0. The molecule has 0 atom stereocenters. The Morgan fingerprint density at radius 1 is 0.400 bits per heavy atom. The molecule has 0 saturated carbocycles. The van der Waals surface area contributed by atoms with Crippen molar-refractivity contribution in [2.75, 3.05) is 0 Å². The molecule has 0 aromatic heterocycles. The molecule has 0 aliphatic rings. The average Bonchev–Trinajstić information content (AvgIpc) is 0. The fraction of sp³-hybridized carbons (Fsp3) is 0. The maximum absolute atomic E-state index is 0. The summed E-state index contributed by atoms with van der Waals surface area (Å²) in [4.78, 5) is 0. The van der Waals surface area contributed by atoms with Gasteiger partial charge in [-0.15, -0.1) is 0 Å². The van der Waals surface area contributed by atoms with Crippen LogP contribution in [0.2, 0.25) is 0 Å². The normalized spacial score (nSPS) is 0. The second-order valence-corrected chi connectivity index (χ2v) is 0. The van der Waals surface area contributed by atoms with Crippen molar-refractivity contribution < 1.29 is 90.5 Å². The van der Waals surface area contributed by atoms with Crippen LogP contribution in [0.5, 0.6) is 0 Å². The van der Waals surface area contributed by atoms with Gasteiger partial charge >= 0.3 is 0 Å². The maximum Gasteiger partial charge on any atom is 0 e. The third-order valence-corrected chi connectivity index (χ3v) is 0. The zero-order valence-electron chi connectivity index (χ0n) is 2.01. The van der Waals surface area contributed by atoms with Crippen LogP contribution < -0.4 is 49.6 Å². The van der Waals surface area contributed by atoms with E-state index in [1.807, 2.05) is 0 Å². The molecule has 0 spiro atoms. The third-order valence-electron chi connectivity index (χ3n) is 0. The maximum atomic E-state index is 0. The summed E-state index contributed by atoms with van der Waals surface area (Å²) in [7, 11) is 0. The van der Waals surface area contributed by atoms with Crippen molar-refractivity contribution in [2.45, 2.75) is 0 Å². The summed E-state index contributed by atoms with van der Waals surface area (Å²) < 4.78 is 0. The van der Waals surface area contributed by atoms with E-state index in [9.17, 15) is 0 Å². The predicted octanol–water partition coefficient (Wildman–Crippen LogP) is -12.0. The van der Waals surface area contributed by atoms with Crippen LogP contribution in [0.3, 0.4) is 0 Å². The molecule has 0 aliphatic carbocycles. The molecule has 36 valence electrons. The number of halogens is 4. The summed E-state index contributed by atoms with van der Waals surface area (Å²) in [5.74, 6) is 0. The van der Waals surface area contributed by atoms with Gasteiger partial charge in [-0.2, -0.15) is 0 Å². The molecule has 0 N–H and O–H groups in total. The van der Waals surface area contributed by atoms with Crippen molar-refractivity contribution >= 4 is 0 Å². The Labute approximate surface area is 89.0 Å². The number of rotatable bonds is 0. The molecule has 0 radical (unpaired) electrons. The van der Waals surface area contributed by atoms with Gasteiger partial charge in [0.25, 0.3) is 0 Å². The monoisotopic (exact) mass is 282 g/mol. The minimum Gasteiger partial charge on any atom is -1.00 e. The average molecular weight is 286 g/mol. The molecule has 0 aliphatic heterocycles. The molecule has 0 heterocycles. The molecule has 0 bridgehead atoms. The molecule has 5 heteroatoms. The van der Waals surface area contributed by atoms with E-state index >= 15 is 0 Å². The first-order valence-corrected chi connectivity index (χ1v) is 0. The van der Waals surface area contributed by atoms with Crippen LogP contribution in [0.25, 0.3) is 0 Å². The Hall–Kier alpha value is 2.51. The first-order valence-electron chi connectivity index (χ1n) is 0. The molecule has 0 amide bonds. The SMILES string of the molecule is [Cl-].[Cl-].[Cl-].[Cl-].[Nd]. The van der Waals surface area contributed by atoms with Gasteiger partial charge in [-0.3, -0.25) is 0 Å². The Morgan fingerprint density at radius 3 is 0.400 bits per heavy atom. The van der Waals surface area contributed by atoms with Gasteiger partial charge in [0.2, 0.25) is 0 Å². The molecule has 0 aromatic rings. The second-order valence-electron chi connectivity index (χ2n) is 0. The van der Waals surface area contributed by atoms with Gasteiger partial charge in [0, 0.05) is 40.8 Å². The smallest absolute Gasteiger partial charge is 0 e. The number of hydrogen-bond acceptors (Lipinski definition) is 0. The molecule has 0 rings (SSSR count). The molecule has 0 saturated heterocycles. The van der Waals surface area contributed by atoms with Gasteiger partial charge in [-0.05, 0) is 0 Å². The summed E-state index contributed by atoms with van der Waals surface area (Å²) >= 11 is 0. The molecule has 0 fully saturated rings. The predicted molar refractivity (Wildman–Crippen MR) is 0 cm³/mol. The zero-order valence-corrected chi connectivity index (χ0v) is 8.24. The Kier molecular flexibility index (Phi) is 317. The molecule has 0 nitrogen and oxygen atoms in total. The molecule has 5 heavy (non-hydrogen) atoms. The first kappa shape index (κ1) is 50.5. The summed E-state index contributed by atoms with van der Waals surface area (Å²) in [6.45, 7) is 0. The van der Waals surface area contributed by atoms with Crippen molar-refractivity contribution in [1.82, 2.24) is 0 Å². The topological polar surface area (TPSA) is 0 Å². The standard InChI is InChI=1S/4ClH.Nd/h4*1H;/p-4. The van der Waals surface area contributed by atoms with Crippen molar-refractivity contribution in [3.8, 4) is 0 Å². The van der Waals surface area contributed by atoms with Crippen LogP contribution in [-0.2, 0) is 0 Å². The fourth-order valence-corrected chi connectivity index (χ4v) is 0. The van der Waals surface area contributed by atoms with Gasteiger partial charge in [-0.25, -0.2) is 0 Å². The van der Waals surface area contributed by atoms with E-state index in [1.54, 1.807) is 0 Å². The van der Waals surface area contributed by atoms with Gasteiger partial charge < -0.3 is 49.6 Å². The zero-order chi connectivity index (χ0) is 0. The van der Waals surface area contributed by atoms with Gasteiger partial charge in [0.05, 0.1) is 0 Å². The van der Waals surface area contributed by atoms with E-state index in [0.717, 1.165) is 0 Å². The van der Waals surface area contributed by atoms with Gasteiger partial charge in [0.15, 0.2) is 0 Å². The Bertz CT molecular complexity index is 3.61. The molecular formula is Cl4Nd-4. The summed E-state index contributed by atoms with van der Waals surface area (Å²) in [5.41, 5.74) is 0. The van der Waals surface area contributed by atoms with Crippen molar-refractivity contribution in [2.24, 2.45) is 0 Å². The van der Waals surface area contributed by atoms with Crippen LogP contribution in [0.15, 0.2) is 0 Å². The molecule has 0 unspecified atom stereocenters. The van der Waals surface area contributed by atoms with Gasteiger partial charge in [0.1, 0.15) is 0 Å². The van der Waals surface area contributed by atoms with Crippen molar-refractivity contribution in [3.63, 3.8) is 0 Å². The molecule has 0 aromatic carbocycles. The van der Waals surface area contributed by atoms with Crippen molar-refractivity contribution in [3.05, 3.63) is 0 Å². The van der Waals surface area contributed by atoms with Crippen molar-refractivity contribution in [1.29, 1.82) is 0 Å². The van der Waals surface area contributed by atoms with E-state index in [2.05, 4.69) is 0 Å². The van der Waals surface area contributed by atoms with Crippen LogP contribution in [0.1, 0.15) is 0 Å². The minimum atomic E-state index is 0. The molecular weight excluding hydrogens is 286 g/mol. The van der Waals surface area contributed by atoms with Crippen LogP contribution in [-0.4, -0.2) is 0 Å².